The van der Waals surface area contributed by atoms with E-state index < -0.39 is 0 Å². The third kappa shape index (κ3) is 6.00. The summed E-state index contributed by atoms with van der Waals surface area (Å²) in [5.41, 5.74) is 0.945. The summed E-state index contributed by atoms with van der Waals surface area (Å²) in [6, 6.07) is 5.63. The van der Waals surface area contributed by atoms with Crippen molar-refractivity contribution in [2.24, 2.45) is 5.92 Å². The maximum Gasteiger partial charge on any atom is 0.142 e. The Kier molecular flexibility index (Phi) is 7.76. The van der Waals surface area contributed by atoms with Gasteiger partial charge in [-0.15, -0.1) is 0 Å². The van der Waals surface area contributed by atoms with Crippen molar-refractivity contribution >= 4 is 23.2 Å². The van der Waals surface area contributed by atoms with Gasteiger partial charge in [0.25, 0.3) is 0 Å². The van der Waals surface area contributed by atoms with Gasteiger partial charge >= 0.3 is 0 Å². The van der Waals surface area contributed by atoms with Crippen LogP contribution in [0.1, 0.15) is 32.3 Å². The largest absolute Gasteiger partial charge is 0.492 e. The molecule has 0 spiro atoms. The van der Waals surface area contributed by atoms with Gasteiger partial charge in [0.1, 0.15) is 5.75 Å². The minimum atomic E-state index is 0.478. The number of hydrogen-bond acceptors (Lipinski definition) is 3. The number of nitrogens with zero attached hydrogens (tertiary/aromatic N) is 1. The summed E-state index contributed by atoms with van der Waals surface area (Å²) < 4.78 is 5.70. The monoisotopic (exact) mass is 314 g/mol. The Hall–Kier alpha value is -0.950. The lowest BCUT2D eigenvalue weighted by atomic mass is 10.1. The van der Waals surface area contributed by atoms with Crippen molar-refractivity contribution in [1.82, 2.24) is 5.32 Å². The van der Waals surface area contributed by atoms with Crippen LogP contribution in [0.15, 0.2) is 12.1 Å². The Bertz CT molecular complexity index is 470. The van der Waals surface area contributed by atoms with Crippen LogP contribution in [0.4, 0.5) is 0 Å². The zero-order valence-electron chi connectivity index (χ0n) is 11.9. The van der Waals surface area contributed by atoms with Crippen molar-refractivity contribution in [2.75, 3.05) is 13.2 Å². The number of nitrogens with one attached hydrogen (secondary N) is 1. The second kappa shape index (κ2) is 9.07. The Morgan fingerprint density at radius 1 is 1.35 bits per heavy atom. The topological polar surface area (TPSA) is 45.0 Å². The molecule has 3 nitrogen and oxygen atoms in total. The maximum atomic E-state index is 8.52. The molecule has 20 heavy (non-hydrogen) atoms. The van der Waals surface area contributed by atoms with Gasteiger partial charge in [-0.1, -0.05) is 37.0 Å². The fraction of sp³-hybridized carbons (Fsp3) is 0.533. The molecule has 0 amide bonds. The first-order valence-electron chi connectivity index (χ1n) is 6.73. The van der Waals surface area contributed by atoms with Crippen LogP contribution in [0.3, 0.4) is 0 Å². The van der Waals surface area contributed by atoms with Crippen LogP contribution in [0.2, 0.25) is 10.0 Å². The molecule has 1 aromatic carbocycles. The number of nitriles is 1. The molecule has 0 heterocycles. The molecule has 0 saturated carbocycles. The van der Waals surface area contributed by atoms with Gasteiger partial charge in [0.05, 0.1) is 17.7 Å². The molecule has 0 saturated heterocycles. The van der Waals surface area contributed by atoms with Crippen molar-refractivity contribution in [1.29, 1.82) is 5.26 Å². The van der Waals surface area contributed by atoms with Crippen LogP contribution in [0.25, 0.3) is 0 Å². The average Bonchev–Trinajstić information content (AvgIpc) is 2.36. The molecule has 1 aromatic rings. The highest BCUT2D eigenvalue weighted by atomic mass is 35.5. The molecule has 0 atom stereocenters. The smallest absolute Gasteiger partial charge is 0.142 e. The SMILES string of the molecule is CC(C)CNCc1cc(Cl)cc(Cl)c1OCCCC#N. The molecule has 0 radical (unpaired) electrons. The zero-order valence-corrected chi connectivity index (χ0v) is 13.4. The van der Waals surface area contributed by atoms with Gasteiger partial charge < -0.3 is 10.1 Å². The molecule has 0 aliphatic carbocycles. The summed E-state index contributed by atoms with van der Waals surface area (Å²) in [4.78, 5) is 0. The predicted octanol–water partition coefficient (Wildman–Crippen LogP) is 4.42. The Morgan fingerprint density at radius 2 is 2.10 bits per heavy atom. The highest BCUT2D eigenvalue weighted by molar-refractivity contribution is 6.35. The van der Waals surface area contributed by atoms with E-state index in [0.717, 1.165) is 12.1 Å². The van der Waals surface area contributed by atoms with Gasteiger partial charge in [0, 0.05) is 23.6 Å². The number of hydrogen-bond donors (Lipinski definition) is 1. The fourth-order valence-corrected chi connectivity index (χ4v) is 2.32. The van der Waals surface area contributed by atoms with E-state index in [-0.39, 0.29) is 0 Å². The molecule has 1 rings (SSSR count). The van der Waals surface area contributed by atoms with Crippen LogP contribution >= 0.6 is 23.2 Å². The lowest BCUT2D eigenvalue weighted by Gasteiger charge is -2.15. The first-order chi connectivity index (χ1) is 9.54. The molecule has 0 fully saturated rings. The third-order valence-corrected chi connectivity index (χ3v) is 3.13. The van der Waals surface area contributed by atoms with Crippen molar-refractivity contribution in [2.45, 2.75) is 33.2 Å². The molecular formula is C15H20Cl2N2O. The third-order valence-electron chi connectivity index (χ3n) is 2.63. The number of rotatable bonds is 8. The van der Waals surface area contributed by atoms with E-state index in [2.05, 4.69) is 25.2 Å². The first-order valence-corrected chi connectivity index (χ1v) is 7.48. The summed E-state index contributed by atoms with van der Waals surface area (Å²) in [5.74, 6) is 1.23. The van der Waals surface area contributed by atoms with Crippen molar-refractivity contribution < 1.29 is 4.74 Å². The molecule has 0 bridgehead atoms. The summed E-state index contributed by atoms with van der Waals surface area (Å²) in [5, 5.41) is 13.0. The maximum absolute atomic E-state index is 8.52. The molecule has 0 aliphatic rings. The summed E-state index contributed by atoms with van der Waals surface area (Å²) in [7, 11) is 0. The zero-order chi connectivity index (χ0) is 15.0. The van der Waals surface area contributed by atoms with E-state index in [1.54, 1.807) is 6.07 Å². The van der Waals surface area contributed by atoms with Crippen LogP contribution < -0.4 is 10.1 Å². The van der Waals surface area contributed by atoms with E-state index in [0.29, 0.717) is 47.7 Å². The van der Waals surface area contributed by atoms with E-state index in [1.807, 2.05) is 6.07 Å². The number of halogens is 2. The second-order valence-electron chi connectivity index (χ2n) is 5.01. The van der Waals surface area contributed by atoms with Crippen molar-refractivity contribution in [3.8, 4) is 11.8 Å². The quantitative estimate of drug-likeness (QED) is 0.722. The van der Waals surface area contributed by atoms with Crippen molar-refractivity contribution in [3.05, 3.63) is 27.7 Å². The van der Waals surface area contributed by atoms with Gasteiger partial charge in [-0.2, -0.15) is 5.26 Å². The van der Waals surface area contributed by atoms with Crippen LogP contribution in [0.5, 0.6) is 5.75 Å². The van der Waals surface area contributed by atoms with Gasteiger partial charge in [-0.05, 0) is 31.0 Å². The molecular weight excluding hydrogens is 295 g/mol. The molecule has 0 aliphatic heterocycles. The Labute approximate surface area is 130 Å². The highest BCUT2D eigenvalue weighted by Gasteiger charge is 2.11. The van der Waals surface area contributed by atoms with Gasteiger partial charge in [0.2, 0.25) is 0 Å². The lowest BCUT2D eigenvalue weighted by molar-refractivity contribution is 0.308. The van der Waals surface area contributed by atoms with Crippen LogP contribution in [-0.2, 0) is 6.54 Å². The summed E-state index contributed by atoms with van der Waals surface area (Å²) in [6.45, 7) is 6.35. The van der Waals surface area contributed by atoms with Gasteiger partial charge in [-0.3, -0.25) is 0 Å². The molecule has 5 heteroatoms. The lowest BCUT2D eigenvalue weighted by Crippen LogP contribution is -2.19. The number of unbranched alkanes of at least 4 members (excludes halogenated alkanes) is 1. The standard InChI is InChI=1S/C15H20Cl2N2O/c1-11(2)9-19-10-12-7-13(16)8-14(17)15(12)20-6-4-3-5-18/h7-8,11,19H,3-4,6,9-10H2,1-2H3. The minimum absolute atomic E-state index is 0.478. The highest BCUT2D eigenvalue weighted by Crippen LogP contribution is 2.32. The molecule has 1 N–H and O–H groups in total. The van der Waals surface area contributed by atoms with E-state index >= 15 is 0 Å². The average molecular weight is 315 g/mol. The number of benzene rings is 1. The van der Waals surface area contributed by atoms with E-state index in [9.17, 15) is 0 Å². The van der Waals surface area contributed by atoms with Gasteiger partial charge in [-0.25, -0.2) is 0 Å². The Balaban J connectivity index is 2.71. The second-order valence-corrected chi connectivity index (χ2v) is 5.85. The molecule has 110 valence electrons. The van der Waals surface area contributed by atoms with Gasteiger partial charge in [0.15, 0.2) is 0 Å². The number of ether oxygens (including phenoxy) is 1. The fourth-order valence-electron chi connectivity index (χ4n) is 1.73. The first kappa shape index (κ1) is 17.1. The Morgan fingerprint density at radius 3 is 2.75 bits per heavy atom. The van der Waals surface area contributed by atoms with E-state index in [4.69, 9.17) is 33.2 Å². The van der Waals surface area contributed by atoms with Crippen LogP contribution in [0, 0.1) is 17.2 Å². The normalized spacial score (nSPS) is 10.6. The molecule has 0 unspecified atom stereocenters. The summed E-state index contributed by atoms with van der Waals surface area (Å²) in [6.07, 6.45) is 1.17. The predicted molar refractivity (Wildman–Crippen MR) is 83.3 cm³/mol. The molecule has 0 aromatic heterocycles. The van der Waals surface area contributed by atoms with Crippen molar-refractivity contribution in [3.63, 3.8) is 0 Å². The summed E-state index contributed by atoms with van der Waals surface area (Å²) >= 11 is 12.2. The minimum Gasteiger partial charge on any atom is -0.492 e. The van der Waals surface area contributed by atoms with E-state index in [1.165, 1.54) is 0 Å². The van der Waals surface area contributed by atoms with Crippen LogP contribution in [-0.4, -0.2) is 13.2 Å².